The normalized spacial score (nSPS) is 36.9. The quantitative estimate of drug-likeness (QED) is 0.868. The first-order valence-corrected chi connectivity index (χ1v) is 8.12. The summed E-state index contributed by atoms with van der Waals surface area (Å²) in [7, 11) is 1.97. The van der Waals surface area contributed by atoms with E-state index in [-0.39, 0.29) is 12.8 Å². The molecule has 3 atom stereocenters. The lowest BCUT2D eigenvalue weighted by Crippen LogP contribution is -2.59. The minimum Gasteiger partial charge on any atom is -0.329 e. The molecule has 0 spiro atoms. The maximum atomic E-state index is 13.0. The lowest BCUT2D eigenvalue weighted by molar-refractivity contribution is -0.193. The van der Waals surface area contributed by atoms with Crippen LogP contribution in [0.3, 0.4) is 0 Å². The van der Waals surface area contributed by atoms with Crippen molar-refractivity contribution in [2.24, 2.45) is 11.7 Å². The van der Waals surface area contributed by atoms with Crippen LogP contribution >= 0.6 is 11.8 Å². The Kier molecular flexibility index (Phi) is 4.73. The number of alkyl halides is 3. The standard InChI is InChI=1S/C13H23F3N2S/c1-18(11-4-6-19-8-11)12(9-17)5-2-3-10(7-12)13(14,15)16/h10-11H,2-9,17H2,1H3. The van der Waals surface area contributed by atoms with Crippen LogP contribution in [0.25, 0.3) is 0 Å². The van der Waals surface area contributed by atoms with Gasteiger partial charge >= 0.3 is 6.18 Å². The Bertz CT molecular complexity index is 305. The zero-order valence-corrected chi connectivity index (χ0v) is 12.2. The van der Waals surface area contributed by atoms with Gasteiger partial charge in [-0.3, -0.25) is 4.90 Å². The molecule has 1 saturated heterocycles. The lowest BCUT2D eigenvalue weighted by atomic mass is 9.74. The fourth-order valence-electron chi connectivity index (χ4n) is 3.48. The minimum absolute atomic E-state index is 0.171. The van der Waals surface area contributed by atoms with Gasteiger partial charge in [0.15, 0.2) is 0 Å². The molecule has 6 heteroatoms. The van der Waals surface area contributed by atoms with Crippen molar-refractivity contribution in [3.63, 3.8) is 0 Å². The Labute approximate surface area is 117 Å². The summed E-state index contributed by atoms with van der Waals surface area (Å²) >= 11 is 1.89. The molecule has 1 aliphatic carbocycles. The van der Waals surface area contributed by atoms with Crippen LogP contribution in [0.2, 0.25) is 0 Å². The molecule has 2 N–H and O–H groups in total. The maximum Gasteiger partial charge on any atom is 0.391 e. The zero-order chi connectivity index (χ0) is 14.1. The third-order valence-electron chi connectivity index (χ3n) is 4.87. The van der Waals surface area contributed by atoms with Gasteiger partial charge in [0.25, 0.3) is 0 Å². The molecule has 0 aromatic carbocycles. The Morgan fingerprint density at radius 1 is 1.37 bits per heavy atom. The Morgan fingerprint density at radius 2 is 2.11 bits per heavy atom. The molecule has 0 radical (unpaired) electrons. The van der Waals surface area contributed by atoms with E-state index < -0.39 is 17.6 Å². The summed E-state index contributed by atoms with van der Waals surface area (Å²) in [6.45, 7) is 0.331. The second-order valence-corrected chi connectivity index (χ2v) is 7.04. The highest BCUT2D eigenvalue weighted by molar-refractivity contribution is 7.99. The molecule has 3 unspecified atom stereocenters. The number of nitrogens with two attached hydrogens (primary N) is 1. The van der Waals surface area contributed by atoms with E-state index in [2.05, 4.69) is 4.90 Å². The Morgan fingerprint density at radius 3 is 2.63 bits per heavy atom. The summed E-state index contributed by atoms with van der Waals surface area (Å²) in [6.07, 6.45) is -1.14. The molecular weight excluding hydrogens is 273 g/mol. The molecule has 0 bridgehead atoms. The predicted molar refractivity (Wildman–Crippen MR) is 73.3 cm³/mol. The first-order chi connectivity index (χ1) is 8.89. The minimum atomic E-state index is -4.08. The fraction of sp³-hybridized carbons (Fsp3) is 1.00. The van der Waals surface area contributed by atoms with E-state index in [0.29, 0.717) is 19.0 Å². The largest absolute Gasteiger partial charge is 0.391 e. The van der Waals surface area contributed by atoms with Gasteiger partial charge in [0.05, 0.1) is 5.92 Å². The van der Waals surface area contributed by atoms with Crippen molar-refractivity contribution in [2.75, 3.05) is 25.1 Å². The molecule has 19 heavy (non-hydrogen) atoms. The summed E-state index contributed by atoms with van der Waals surface area (Å²) in [5.41, 5.74) is 5.45. The van der Waals surface area contributed by atoms with Crippen molar-refractivity contribution in [1.82, 2.24) is 4.90 Å². The van der Waals surface area contributed by atoms with Crippen molar-refractivity contribution < 1.29 is 13.2 Å². The third-order valence-corrected chi connectivity index (χ3v) is 6.01. The predicted octanol–water partition coefficient (Wildman–Crippen LogP) is 2.87. The first kappa shape index (κ1) is 15.4. The smallest absolute Gasteiger partial charge is 0.329 e. The van der Waals surface area contributed by atoms with Crippen LogP contribution in [0.4, 0.5) is 13.2 Å². The van der Waals surface area contributed by atoms with Crippen molar-refractivity contribution in [2.45, 2.75) is 49.9 Å². The van der Waals surface area contributed by atoms with Gasteiger partial charge in [-0.25, -0.2) is 0 Å². The number of likely N-dealkylation sites (N-methyl/N-ethyl adjacent to an activating group) is 1. The molecule has 0 aromatic heterocycles. The van der Waals surface area contributed by atoms with Gasteiger partial charge in [0.2, 0.25) is 0 Å². The highest BCUT2D eigenvalue weighted by atomic mass is 32.2. The Hall–Kier alpha value is 0.0600. The van der Waals surface area contributed by atoms with Crippen LogP contribution in [-0.4, -0.2) is 47.8 Å². The lowest BCUT2D eigenvalue weighted by Gasteiger charge is -2.49. The topological polar surface area (TPSA) is 29.3 Å². The van der Waals surface area contributed by atoms with Crippen LogP contribution in [0.5, 0.6) is 0 Å². The van der Waals surface area contributed by atoms with Crippen LogP contribution in [0, 0.1) is 5.92 Å². The first-order valence-electron chi connectivity index (χ1n) is 6.96. The second-order valence-electron chi connectivity index (χ2n) is 5.89. The molecule has 1 aliphatic heterocycles. The molecule has 2 fully saturated rings. The number of hydrogen-bond acceptors (Lipinski definition) is 3. The van der Waals surface area contributed by atoms with Gasteiger partial charge in [0, 0.05) is 23.9 Å². The van der Waals surface area contributed by atoms with Crippen LogP contribution in [-0.2, 0) is 0 Å². The van der Waals surface area contributed by atoms with Crippen molar-refractivity contribution in [3.05, 3.63) is 0 Å². The van der Waals surface area contributed by atoms with Crippen LogP contribution in [0.1, 0.15) is 32.1 Å². The third kappa shape index (κ3) is 3.22. The van der Waals surface area contributed by atoms with Crippen LogP contribution in [0.15, 0.2) is 0 Å². The Balaban J connectivity index is 2.12. The maximum absolute atomic E-state index is 13.0. The number of hydrogen-bond donors (Lipinski definition) is 1. The molecule has 2 nitrogen and oxygen atoms in total. The molecule has 0 aromatic rings. The number of halogens is 3. The molecular formula is C13H23F3N2S. The second kappa shape index (κ2) is 5.82. The van der Waals surface area contributed by atoms with Crippen molar-refractivity contribution >= 4 is 11.8 Å². The highest BCUT2D eigenvalue weighted by Crippen LogP contribution is 2.44. The summed E-state index contributed by atoms with van der Waals surface area (Å²) in [5.74, 6) is 0.953. The average molecular weight is 296 g/mol. The number of rotatable bonds is 3. The molecule has 0 amide bonds. The highest BCUT2D eigenvalue weighted by Gasteiger charge is 2.49. The molecule has 2 rings (SSSR count). The van der Waals surface area contributed by atoms with Crippen molar-refractivity contribution in [1.29, 1.82) is 0 Å². The van der Waals surface area contributed by atoms with Crippen molar-refractivity contribution in [3.8, 4) is 0 Å². The van der Waals surface area contributed by atoms with Gasteiger partial charge in [-0.15, -0.1) is 0 Å². The molecule has 2 aliphatic rings. The van der Waals surface area contributed by atoms with E-state index >= 15 is 0 Å². The van der Waals surface area contributed by atoms with Gasteiger partial charge < -0.3 is 5.73 Å². The van der Waals surface area contributed by atoms with Gasteiger partial charge in [-0.05, 0) is 38.5 Å². The zero-order valence-electron chi connectivity index (χ0n) is 11.4. The van der Waals surface area contributed by atoms with E-state index in [0.717, 1.165) is 24.3 Å². The van der Waals surface area contributed by atoms with E-state index in [4.69, 9.17) is 5.73 Å². The van der Waals surface area contributed by atoms with E-state index in [1.807, 2.05) is 18.8 Å². The average Bonchev–Trinajstić information content (AvgIpc) is 2.90. The van der Waals surface area contributed by atoms with Gasteiger partial charge in [-0.1, -0.05) is 6.42 Å². The SMILES string of the molecule is CN(C1CCSC1)C1(CN)CCCC(C(F)(F)F)C1. The summed E-state index contributed by atoms with van der Waals surface area (Å²) in [6, 6.07) is 0.389. The summed E-state index contributed by atoms with van der Waals surface area (Å²) in [5, 5.41) is 0. The monoisotopic (exact) mass is 296 g/mol. The van der Waals surface area contributed by atoms with E-state index in [1.165, 1.54) is 0 Å². The molecule has 112 valence electrons. The van der Waals surface area contributed by atoms with Gasteiger partial charge in [-0.2, -0.15) is 24.9 Å². The molecule has 1 heterocycles. The van der Waals surface area contributed by atoms with E-state index in [1.54, 1.807) is 0 Å². The van der Waals surface area contributed by atoms with Crippen LogP contribution < -0.4 is 5.73 Å². The molecule has 1 saturated carbocycles. The van der Waals surface area contributed by atoms with E-state index in [9.17, 15) is 13.2 Å². The van der Waals surface area contributed by atoms with Gasteiger partial charge in [0.1, 0.15) is 0 Å². The number of nitrogens with zero attached hydrogens (tertiary/aromatic N) is 1. The summed E-state index contributed by atoms with van der Waals surface area (Å²) < 4.78 is 39.0. The summed E-state index contributed by atoms with van der Waals surface area (Å²) in [4.78, 5) is 2.17. The fourth-order valence-corrected chi connectivity index (χ4v) is 4.75. The number of thioether (sulfide) groups is 1.